The Bertz CT molecular complexity index is 1020. The van der Waals surface area contributed by atoms with Gasteiger partial charge >= 0.3 is 0 Å². The van der Waals surface area contributed by atoms with E-state index in [2.05, 4.69) is 5.32 Å². The number of nitrogens with zero attached hydrogens (tertiary/aromatic N) is 1. The Balaban J connectivity index is 1.93. The van der Waals surface area contributed by atoms with Crippen LogP contribution in [0.15, 0.2) is 36.4 Å². The molecule has 1 fully saturated rings. The Morgan fingerprint density at radius 1 is 1.12 bits per heavy atom. The van der Waals surface area contributed by atoms with E-state index in [1.54, 1.807) is 6.07 Å². The molecule has 0 atom stereocenters. The van der Waals surface area contributed by atoms with Crippen LogP contribution in [0.2, 0.25) is 5.02 Å². The molecule has 0 bridgehead atoms. The second-order valence-electron chi connectivity index (χ2n) is 6.14. The van der Waals surface area contributed by atoms with E-state index < -0.39 is 21.8 Å². The predicted octanol–water partition coefficient (Wildman–Crippen LogP) is 3.28. The van der Waals surface area contributed by atoms with Crippen molar-refractivity contribution >= 4 is 44.8 Å². The second kappa shape index (κ2) is 6.74. The Morgan fingerprint density at radius 2 is 1.85 bits per heavy atom. The first kappa shape index (κ1) is 18.4. The van der Waals surface area contributed by atoms with Gasteiger partial charge in [0, 0.05) is 17.7 Å². The van der Waals surface area contributed by atoms with Crippen molar-refractivity contribution in [3.05, 3.63) is 58.1 Å². The minimum absolute atomic E-state index is 0.00176. The Hall–Kier alpha value is -2.38. The number of rotatable bonds is 3. The van der Waals surface area contributed by atoms with Crippen molar-refractivity contribution in [3.8, 4) is 0 Å². The zero-order chi connectivity index (χ0) is 19.1. The van der Waals surface area contributed by atoms with Crippen LogP contribution >= 0.6 is 11.6 Å². The van der Waals surface area contributed by atoms with Crippen molar-refractivity contribution in [2.45, 2.75) is 20.3 Å². The molecule has 2 aromatic rings. The lowest BCUT2D eigenvalue weighted by molar-refractivity contribution is -0.116. The molecule has 3 rings (SSSR count). The molecule has 0 aromatic heterocycles. The summed E-state index contributed by atoms with van der Waals surface area (Å²) in [7, 11) is -3.76. The molecule has 1 heterocycles. The number of benzene rings is 2. The van der Waals surface area contributed by atoms with Crippen LogP contribution in [0.1, 0.15) is 27.9 Å². The molecule has 1 N–H and O–H groups in total. The lowest BCUT2D eigenvalue weighted by Crippen LogP contribution is -2.29. The fourth-order valence-electron chi connectivity index (χ4n) is 2.68. The SMILES string of the molecule is Cc1ccc(NC(=O)c2ccc(Cl)c(N3C(=O)CCS3(=O)=O)c2)cc1C. The highest BCUT2D eigenvalue weighted by atomic mass is 35.5. The van der Waals surface area contributed by atoms with Gasteiger partial charge in [-0.05, 0) is 55.3 Å². The number of hydrogen-bond acceptors (Lipinski definition) is 4. The van der Waals surface area contributed by atoms with Crippen LogP contribution in [0.5, 0.6) is 0 Å². The van der Waals surface area contributed by atoms with Gasteiger partial charge in [-0.1, -0.05) is 17.7 Å². The zero-order valence-corrected chi connectivity index (χ0v) is 15.8. The molecule has 0 unspecified atom stereocenters. The molecule has 0 radical (unpaired) electrons. The van der Waals surface area contributed by atoms with E-state index in [1.807, 2.05) is 26.0 Å². The van der Waals surface area contributed by atoms with Crippen LogP contribution in [0.4, 0.5) is 11.4 Å². The molecule has 26 heavy (non-hydrogen) atoms. The third kappa shape index (κ3) is 3.45. The normalized spacial score (nSPS) is 16.0. The van der Waals surface area contributed by atoms with Crippen molar-refractivity contribution in [2.24, 2.45) is 0 Å². The van der Waals surface area contributed by atoms with Crippen molar-refractivity contribution in [1.29, 1.82) is 0 Å². The Kier molecular flexibility index (Phi) is 4.77. The van der Waals surface area contributed by atoms with Gasteiger partial charge in [-0.15, -0.1) is 0 Å². The lowest BCUT2D eigenvalue weighted by Gasteiger charge is -2.17. The van der Waals surface area contributed by atoms with Gasteiger partial charge in [0.25, 0.3) is 5.91 Å². The van der Waals surface area contributed by atoms with Gasteiger partial charge in [0.2, 0.25) is 15.9 Å². The number of anilines is 2. The predicted molar refractivity (Wildman–Crippen MR) is 101 cm³/mol. The molecule has 0 spiro atoms. The minimum Gasteiger partial charge on any atom is -0.322 e. The second-order valence-corrected chi connectivity index (χ2v) is 8.49. The maximum Gasteiger partial charge on any atom is 0.255 e. The molecule has 1 aliphatic heterocycles. The number of aryl methyl sites for hydroxylation is 2. The van der Waals surface area contributed by atoms with Gasteiger partial charge in [0.15, 0.2) is 0 Å². The summed E-state index contributed by atoms with van der Waals surface area (Å²) in [6.45, 7) is 3.91. The molecular weight excluding hydrogens is 376 g/mol. The Labute approximate surface area is 156 Å². The van der Waals surface area contributed by atoms with Crippen LogP contribution in [-0.4, -0.2) is 26.0 Å². The molecule has 2 aromatic carbocycles. The Morgan fingerprint density at radius 3 is 2.46 bits per heavy atom. The monoisotopic (exact) mass is 392 g/mol. The van der Waals surface area contributed by atoms with Crippen molar-refractivity contribution in [3.63, 3.8) is 0 Å². The van der Waals surface area contributed by atoms with Crippen LogP contribution in [0.25, 0.3) is 0 Å². The van der Waals surface area contributed by atoms with E-state index in [-0.39, 0.29) is 28.4 Å². The first-order valence-corrected chi connectivity index (χ1v) is 9.92. The van der Waals surface area contributed by atoms with Gasteiger partial charge in [-0.3, -0.25) is 9.59 Å². The van der Waals surface area contributed by atoms with Crippen molar-refractivity contribution in [1.82, 2.24) is 0 Å². The number of carbonyl (C=O) groups is 2. The third-order valence-electron chi connectivity index (χ3n) is 4.27. The lowest BCUT2D eigenvalue weighted by atomic mass is 10.1. The number of halogens is 1. The molecule has 1 aliphatic rings. The highest BCUT2D eigenvalue weighted by molar-refractivity contribution is 7.94. The number of amides is 2. The van der Waals surface area contributed by atoms with Gasteiger partial charge in [-0.2, -0.15) is 0 Å². The summed E-state index contributed by atoms with van der Waals surface area (Å²) in [5.41, 5.74) is 2.97. The summed E-state index contributed by atoms with van der Waals surface area (Å²) in [4.78, 5) is 24.5. The molecule has 136 valence electrons. The summed E-state index contributed by atoms with van der Waals surface area (Å²) in [6.07, 6.45) is -0.0995. The zero-order valence-electron chi connectivity index (χ0n) is 14.2. The molecule has 6 nitrogen and oxygen atoms in total. The highest BCUT2D eigenvalue weighted by Gasteiger charge is 2.37. The van der Waals surface area contributed by atoms with Gasteiger partial charge in [-0.25, -0.2) is 12.7 Å². The number of hydrogen-bond donors (Lipinski definition) is 1. The first-order chi connectivity index (χ1) is 12.2. The maximum atomic E-state index is 12.5. The summed E-state index contributed by atoms with van der Waals surface area (Å²) in [6, 6.07) is 9.74. The molecule has 0 saturated carbocycles. The average Bonchev–Trinajstić information content (AvgIpc) is 2.85. The molecule has 2 amide bonds. The topological polar surface area (TPSA) is 83.6 Å². The van der Waals surface area contributed by atoms with Crippen LogP contribution in [-0.2, 0) is 14.8 Å². The van der Waals surface area contributed by atoms with E-state index >= 15 is 0 Å². The van der Waals surface area contributed by atoms with E-state index in [0.29, 0.717) is 9.99 Å². The van der Waals surface area contributed by atoms with E-state index in [1.165, 1.54) is 18.2 Å². The molecule has 0 aliphatic carbocycles. The van der Waals surface area contributed by atoms with Gasteiger partial charge in [0.05, 0.1) is 16.5 Å². The fourth-order valence-corrected chi connectivity index (χ4v) is 4.40. The van der Waals surface area contributed by atoms with Crippen LogP contribution < -0.4 is 9.62 Å². The van der Waals surface area contributed by atoms with E-state index in [0.717, 1.165) is 11.1 Å². The minimum atomic E-state index is -3.76. The van der Waals surface area contributed by atoms with Crippen LogP contribution in [0, 0.1) is 13.8 Å². The first-order valence-electron chi connectivity index (χ1n) is 7.93. The largest absolute Gasteiger partial charge is 0.322 e. The fraction of sp³-hybridized carbons (Fsp3) is 0.222. The average molecular weight is 393 g/mol. The number of nitrogens with one attached hydrogen (secondary N) is 1. The van der Waals surface area contributed by atoms with E-state index in [9.17, 15) is 18.0 Å². The quantitative estimate of drug-likeness (QED) is 0.868. The molecule has 1 saturated heterocycles. The van der Waals surface area contributed by atoms with E-state index in [4.69, 9.17) is 11.6 Å². The summed E-state index contributed by atoms with van der Waals surface area (Å²) in [5.74, 6) is -1.24. The van der Waals surface area contributed by atoms with Gasteiger partial charge in [0.1, 0.15) is 0 Å². The van der Waals surface area contributed by atoms with Crippen molar-refractivity contribution < 1.29 is 18.0 Å². The highest BCUT2D eigenvalue weighted by Crippen LogP contribution is 2.33. The summed E-state index contributed by atoms with van der Waals surface area (Å²) < 4.78 is 24.9. The van der Waals surface area contributed by atoms with Gasteiger partial charge < -0.3 is 5.32 Å². The summed E-state index contributed by atoms with van der Waals surface area (Å²) >= 11 is 6.08. The number of carbonyl (C=O) groups excluding carboxylic acids is 2. The smallest absolute Gasteiger partial charge is 0.255 e. The maximum absolute atomic E-state index is 12.5. The molecule has 8 heteroatoms. The summed E-state index contributed by atoms with van der Waals surface area (Å²) in [5, 5.41) is 2.85. The standard InChI is InChI=1S/C18H17ClN2O4S/c1-11-3-5-14(9-12(11)2)20-18(23)13-4-6-15(19)16(10-13)21-17(22)7-8-26(21,24)25/h3-6,9-10H,7-8H2,1-2H3,(H,20,23). The molecular formula is C18H17ClN2O4S. The third-order valence-corrected chi connectivity index (χ3v) is 6.27. The number of sulfonamides is 1. The van der Waals surface area contributed by atoms with Crippen molar-refractivity contribution in [2.75, 3.05) is 15.4 Å². The van der Waals surface area contributed by atoms with Crippen LogP contribution in [0.3, 0.4) is 0 Å².